The van der Waals surface area contributed by atoms with Crippen LogP contribution < -0.4 is 0 Å². The van der Waals surface area contributed by atoms with Gasteiger partial charge >= 0.3 is 0 Å². The average Bonchev–Trinajstić information content (AvgIpc) is 2.99. The fourth-order valence-corrected chi connectivity index (χ4v) is 5.59. The lowest BCUT2D eigenvalue weighted by Gasteiger charge is -2.40. The fourth-order valence-electron chi connectivity index (χ4n) is 4.37. The van der Waals surface area contributed by atoms with Gasteiger partial charge in [0.1, 0.15) is 0 Å². The first-order valence-corrected chi connectivity index (χ1v) is 11.1. The van der Waals surface area contributed by atoms with Crippen molar-refractivity contribution < 1.29 is 8.42 Å². The van der Waals surface area contributed by atoms with Gasteiger partial charge in [0.25, 0.3) is 10.2 Å². The summed E-state index contributed by atoms with van der Waals surface area (Å²) >= 11 is 0. The Kier molecular flexibility index (Phi) is 5.78. The van der Waals surface area contributed by atoms with Crippen molar-refractivity contribution in [2.75, 3.05) is 40.3 Å². The molecule has 0 radical (unpaired) electrons. The van der Waals surface area contributed by atoms with Crippen molar-refractivity contribution >= 4 is 10.2 Å². The van der Waals surface area contributed by atoms with Gasteiger partial charge in [0, 0.05) is 40.3 Å². The third-order valence-corrected chi connectivity index (χ3v) is 7.87. The van der Waals surface area contributed by atoms with E-state index in [-0.39, 0.29) is 5.41 Å². The molecule has 3 rings (SSSR count). The van der Waals surface area contributed by atoms with Gasteiger partial charge in [-0.3, -0.25) is 4.90 Å². The molecule has 0 unspecified atom stereocenters. The molecule has 1 atom stereocenters. The van der Waals surface area contributed by atoms with E-state index in [0.29, 0.717) is 19.0 Å². The third-order valence-electron chi connectivity index (χ3n) is 5.98. The van der Waals surface area contributed by atoms with E-state index in [2.05, 4.69) is 43.0 Å². The molecule has 146 valence electrons. The zero-order valence-electron chi connectivity index (χ0n) is 16.6. The molecule has 2 aliphatic heterocycles. The first-order chi connectivity index (χ1) is 12.2. The maximum Gasteiger partial charge on any atom is 0.281 e. The Hall–Kier alpha value is -0.950. The van der Waals surface area contributed by atoms with Gasteiger partial charge in [-0.2, -0.15) is 17.0 Å². The Labute approximate surface area is 159 Å². The van der Waals surface area contributed by atoms with Crippen LogP contribution in [0, 0.1) is 5.41 Å². The van der Waals surface area contributed by atoms with Crippen LogP contribution in [0.2, 0.25) is 0 Å². The van der Waals surface area contributed by atoms with E-state index in [1.807, 2.05) is 0 Å². The normalized spacial score (nSPS) is 25.6. The summed E-state index contributed by atoms with van der Waals surface area (Å²) in [5.74, 6) is 0.561. The van der Waals surface area contributed by atoms with Crippen LogP contribution >= 0.6 is 0 Å². The quantitative estimate of drug-likeness (QED) is 0.790. The van der Waals surface area contributed by atoms with Crippen LogP contribution in [0.25, 0.3) is 0 Å². The Morgan fingerprint density at radius 1 is 1.08 bits per heavy atom. The first-order valence-electron chi connectivity index (χ1n) is 9.71. The van der Waals surface area contributed by atoms with Crippen molar-refractivity contribution in [2.45, 2.75) is 45.6 Å². The molecule has 0 aromatic heterocycles. The van der Waals surface area contributed by atoms with Crippen molar-refractivity contribution in [3.05, 3.63) is 35.4 Å². The molecule has 0 N–H and O–H groups in total. The number of piperidine rings is 1. The summed E-state index contributed by atoms with van der Waals surface area (Å²) < 4.78 is 27.9. The molecule has 6 heteroatoms. The number of rotatable bonds is 5. The van der Waals surface area contributed by atoms with Gasteiger partial charge in [0.2, 0.25) is 0 Å². The van der Waals surface area contributed by atoms with E-state index >= 15 is 0 Å². The Bertz CT molecular complexity index is 715. The third kappa shape index (κ3) is 4.14. The average molecular weight is 380 g/mol. The predicted molar refractivity (Wildman–Crippen MR) is 106 cm³/mol. The van der Waals surface area contributed by atoms with Gasteiger partial charge in [0.15, 0.2) is 0 Å². The Morgan fingerprint density at radius 2 is 1.77 bits per heavy atom. The molecule has 5 nitrogen and oxygen atoms in total. The predicted octanol–water partition coefficient (Wildman–Crippen LogP) is 2.90. The second kappa shape index (κ2) is 7.58. The number of nitrogens with zero attached hydrogens (tertiary/aromatic N) is 3. The molecule has 2 heterocycles. The minimum Gasteiger partial charge on any atom is -0.298 e. The van der Waals surface area contributed by atoms with Crippen LogP contribution in [0.15, 0.2) is 24.3 Å². The highest BCUT2D eigenvalue weighted by atomic mass is 32.2. The van der Waals surface area contributed by atoms with Gasteiger partial charge in [-0.1, -0.05) is 38.1 Å². The summed E-state index contributed by atoms with van der Waals surface area (Å²) in [5.41, 5.74) is 2.85. The van der Waals surface area contributed by atoms with E-state index in [1.165, 1.54) is 15.4 Å². The van der Waals surface area contributed by atoms with Crippen LogP contribution in [0.5, 0.6) is 0 Å². The van der Waals surface area contributed by atoms with E-state index in [1.54, 1.807) is 18.4 Å². The maximum absolute atomic E-state index is 12.5. The zero-order chi connectivity index (χ0) is 18.9. The van der Waals surface area contributed by atoms with Crippen LogP contribution in [0.4, 0.5) is 0 Å². The number of likely N-dealkylation sites (tertiary alicyclic amines) is 1. The van der Waals surface area contributed by atoms with Crippen molar-refractivity contribution in [1.82, 2.24) is 13.5 Å². The lowest BCUT2D eigenvalue weighted by atomic mass is 9.79. The maximum atomic E-state index is 12.5. The van der Waals surface area contributed by atoms with Crippen LogP contribution in [-0.4, -0.2) is 62.2 Å². The highest BCUT2D eigenvalue weighted by molar-refractivity contribution is 7.86. The molecular formula is C20H33N3O2S. The molecule has 0 saturated carbocycles. The lowest BCUT2D eigenvalue weighted by Crippen LogP contribution is -2.46. The van der Waals surface area contributed by atoms with Crippen molar-refractivity contribution in [2.24, 2.45) is 5.41 Å². The Morgan fingerprint density at radius 3 is 2.38 bits per heavy atom. The van der Waals surface area contributed by atoms with Crippen LogP contribution in [0.3, 0.4) is 0 Å². The molecule has 0 aliphatic carbocycles. The molecule has 0 bridgehead atoms. The SMILES string of the molecule is CC(C)c1ccc(CN2CCC[C@]3(CCN(S(=O)(=O)N(C)C)C3)C2)cc1. The van der Waals surface area contributed by atoms with Gasteiger partial charge < -0.3 is 0 Å². The highest BCUT2D eigenvalue weighted by Gasteiger charge is 2.45. The highest BCUT2D eigenvalue weighted by Crippen LogP contribution is 2.40. The summed E-state index contributed by atoms with van der Waals surface area (Å²) in [5, 5.41) is 0. The van der Waals surface area contributed by atoms with Crippen molar-refractivity contribution in [3.63, 3.8) is 0 Å². The summed E-state index contributed by atoms with van der Waals surface area (Å²) in [7, 11) is -0.0544. The van der Waals surface area contributed by atoms with Gasteiger partial charge in [-0.15, -0.1) is 0 Å². The topological polar surface area (TPSA) is 43.9 Å². The second-order valence-corrected chi connectivity index (χ2v) is 10.7. The van der Waals surface area contributed by atoms with E-state index in [9.17, 15) is 8.42 Å². The summed E-state index contributed by atoms with van der Waals surface area (Å²) in [6, 6.07) is 8.96. The van der Waals surface area contributed by atoms with E-state index < -0.39 is 10.2 Å². The monoisotopic (exact) mass is 379 g/mol. The largest absolute Gasteiger partial charge is 0.298 e. The Balaban J connectivity index is 1.64. The molecule has 1 spiro atoms. The second-order valence-electron chi connectivity index (χ2n) is 8.58. The van der Waals surface area contributed by atoms with Gasteiger partial charge in [0.05, 0.1) is 0 Å². The summed E-state index contributed by atoms with van der Waals surface area (Å²) in [4.78, 5) is 2.51. The lowest BCUT2D eigenvalue weighted by molar-refractivity contribution is 0.0932. The van der Waals surface area contributed by atoms with Gasteiger partial charge in [-0.25, -0.2) is 0 Å². The summed E-state index contributed by atoms with van der Waals surface area (Å²) in [6.07, 6.45) is 3.26. The first kappa shape index (κ1) is 19.8. The minimum absolute atomic E-state index is 0.124. The van der Waals surface area contributed by atoms with Crippen molar-refractivity contribution in [3.8, 4) is 0 Å². The van der Waals surface area contributed by atoms with E-state index in [0.717, 1.165) is 38.9 Å². The minimum atomic E-state index is -3.29. The summed E-state index contributed by atoms with van der Waals surface area (Å²) in [6.45, 7) is 8.81. The number of hydrogen-bond acceptors (Lipinski definition) is 3. The molecule has 26 heavy (non-hydrogen) atoms. The van der Waals surface area contributed by atoms with Crippen LogP contribution in [-0.2, 0) is 16.8 Å². The standard InChI is InChI=1S/C20H33N3O2S/c1-17(2)19-8-6-18(7-9-19)14-22-12-5-10-20(15-22)11-13-23(16-20)26(24,25)21(3)4/h6-9,17H,5,10-16H2,1-4H3/t20-/m0/s1. The van der Waals surface area contributed by atoms with Crippen molar-refractivity contribution in [1.29, 1.82) is 0 Å². The molecule has 0 amide bonds. The zero-order valence-corrected chi connectivity index (χ0v) is 17.4. The molecular weight excluding hydrogens is 346 g/mol. The molecule has 2 aliphatic rings. The molecule has 1 aromatic rings. The number of hydrogen-bond donors (Lipinski definition) is 0. The molecule has 2 fully saturated rings. The molecule has 1 aromatic carbocycles. The molecule has 2 saturated heterocycles. The fraction of sp³-hybridized carbons (Fsp3) is 0.700. The smallest absolute Gasteiger partial charge is 0.281 e. The van der Waals surface area contributed by atoms with Gasteiger partial charge in [-0.05, 0) is 48.3 Å². The number of benzene rings is 1. The van der Waals surface area contributed by atoms with E-state index in [4.69, 9.17) is 0 Å². The van der Waals surface area contributed by atoms with Crippen LogP contribution in [0.1, 0.15) is 50.2 Å².